The van der Waals surface area contributed by atoms with Crippen LogP contribution in [-0.4, -0.2) is 22.4 Å². The highest BCUT2D eigenvalue weighted by molar-refractivity contribution is 9.10. The van der Waals surface area contributed by atoms with Crippen LogP contribution in [0.25, 0.3) is 0 Å². The van der Waals surface area contributed by atoms with Crippen molar-refractivity contribution >= 4 is 33.3 Å². The van der Waals surface area contributed by atoms with E-state index in [0.29, 0.717) is 11.4 Å². The zero-order valence-corrected chi connectivity index (χ0v) is 14.1. The highest BCUT2D eigenvalue weighted by Crippen LogP contribution is 2.24. The van der Waals surface area contributed by atoms with Crippen LogP contribution >= 0.6 is 15.9 Å². The molecule has 1 aromatic heterocycles. The maximum absolute atomic E-state index is 11.9. The van der Waals surface area contributed by atoms with Gasteiger partial charge in [0.1, 0.15) is 5.69 Å². The van der Waals surface area contributed by atoms with Gasteiger partial charge in [0.25, 0.3) is 5.91 Å². The number of halogens is 1. The molecule has 8 heteroatoms. The van der Waals surface area contributed by atoms with Crippen molar-refractivity contribution in [3.05, 3.63) is 56.2 Å². The van der Waals surface area contributed by atoms with Crippen molar-refractivity contribution in [3.63, 3.8) is 0 Å². The highest BCUT2D eigenvalue weighted by atomic mass is 79.9. The number of hydrogen-bond acceptors (Lipinski definition) is 5. The van der Waals surface area contributed by atoms with Gasteiger partial charge in [0.05, 0.1) is 0 Å². The van der Waals surface area contributed by atoms with E-state index in [0.717, 1.165) is 10.0 Å². The molecule has 0 saturated heterocycles. The van der Waals surface area contributed by atoms with Crippen molar-refractivity contribution in [2.75, 3.05) is 11.9 Å². The second-order valence-corrected chi connectivity index (χ2v) is 5.69. The Kier molecular flexibility index (Phi) is 5.28. The summed E-state index contributed by atoms with van der Waals surface area (Å²) in [7, 11) is 0. The first-order valence-electron chi connectivity index (χ1n) is 6.67. The number of aromatic nitrogens is 1. The Morgan fingerprint density at radius 2 is 2.09 bits per heavy atom. The van der Waals surface area contributed by atoms with Gasteiger partial charge < -0.3 is 20.2 Å². The second kappa shape index (κ2) is 7.19. The van der Waals surface area contributed by atoms with Crippen molar-refractivity contribution in [1.82, 2.24) is 4.98 Å². The SMILES string of the molecule is Cc1ccc(OCC(=O)Nc2ccc(Br)c(C)c2)c([N+](=O)[O-])n1. The number of carbonyl (C=O) groups is 1. The molecule has 2 aromatic rings. The van der Waals surface area contributed by atoms with Crippen LogP contribution in [0.5, 0.6) is 5.75 Å². The summed E-state index contributed by atoms with van der Waals surface area (Å²) < 4.78 is 6.15. The van der Waals surface area contributed by atoms with Gasteiger partial charge >= 0.3 is 5.82 Å². The van der Waals surface area contributed by atoms with Gasteiger partial charge in [-0.3, -0.25) is 4.79 Å². The quantitative estimate of drug-likeness (QED) is 0.634. The first-order valence-corrected chi connectivity index (χ1v) is 7.47. The molecule has 0 atom stereocenters. The number of pyridine rings is 1. The molecule has 0 spiro atoms. The van der Waals surface area contributed by atoms with Gasteiger partial charge in [-0.15, -0.1) is 0 Å². The zero-order valence-electron chi connectivity index (χ0n) is 12.5. The van der Waals surface area contributed by atoms with Gasteiger partial charge in [-0.2, -0.15) is 0 Å². The fourth-order valence-corrected chi connectivity index (χ4v) is 2.08. The van der Waals surface area contributed by atoms with E-state index in [1.807, 2.05) is 13.0 Å². The van der Waals surface area contributed by atoms with Crippen LogP contribution in [0, 0.1) is 24.0 Å². The maximum Gasteiger partial charge on any atom is 0.406 e. The lowest BCUT2D eigenvalue weighted by Crippen LogP contribution is -2.20. The Balaban J connectivity index is 2.02. The summed E-state index contributed by atoms with van der Waals surface area (Å²) >= 11 is 3.38. The number of hydrogen-bond donors (Lipinski definition) is 1. The van der Waals surface area contributed by atoms with Gasteiger partial charge in [-0.05, 0) is 52.7 Å². The molecule has 0 radical (unpaired) electrons. The molecular formula is C15H14BrN3O4. The third kappa shape index (κ3) is 4.49. The molecule has 1 aromatic carbocycles. The molecular weight excluding hydrogens is 366 g/mol. The predicted octanol–water partition coefficient (Wildman–Crippen LogP) is 3.39. The number of nitrogens with one attached hydrogen (secondary N) is 1. The molecule has 0 fully saturated rings. The summed E-state index contributed by atoms with van der Waals surface area (Å²) in [6.07, 6.45) is 0. The molecule has 0 aliphatic carbocycles. The average Bonchev–Trinajstić information content (AvgIpc) is 2.49. The number of anilines is 1. The minimum Gasteiger partial charge on any atom is -0.476 e. The number of ether oxygens (including phenoxy) is 1. The van der Waals surface area contributed by atoms with E-state index in [4.69, 9.17) is 4.74 Å². The van der Waals surface area contributed by atoms with Crippen molar-refractivity contribution in [2.45, 2.75) is 13.8 Å². The minimum absolute atomic E-state index is 0.0391. The molecule has 1 amide bonds. The molecule has 0 unspecified atom stereocenters. The summed E-state index contributed by atoms with van der Waals surface area (Å²) in [4.78, 5) is 26.0. The van der Waals surface area contributed by atoms with Crippen LogP contribution < -0.4 is 10.1 Å². The summed E-state index contributed by atoms with van der Waals surface area (Å²) in [5.41, 5.74) is 2.09. The molecule has 7 nitrogen and oxygen atoms in total. The van der Waals surface area contributed by atoms with Crippen LogP contribution in [-0.2, 0) is 4.79 Å². The Morgan fingerprint density at radius 1 is 1.35 bits per heavy atom. The molecule has 23 heavy (non-hydrogen) atoms. The molecule has 2 rings (SSSR count). The van der Waals surface area contributed by atoms with E-state index < -0.39 is 16.6 Å². The monoisotopic (exact) mass is 379 g/mol. The summed E-state index contributed by atoms with van der Waals surface area (Å²) in [5, 5.41) is 13.6. The minimum atomic E-state index is -0.641. The molecule has 0 aliphatic rings. The zero-order chi connectivity index (χ0) is 17.0. The van der Waals surface area contributed by atoms with E-state index in [2.05, 4.69) is 26.2 Å². The van der Waals surface area contributed by atoms with E-state index >= 15 is 0 Å². The smallest absolute Gasteiger partial charge is 0.406 e. The van der Waals surface area contributed by atoms with Crippen molar-refractivity contribution in [2.24, 2.45) is 0 Å². The third-order valence-electron chi connectivity index (χ3n) is 2.95. The molecule has 0 aliphatic heterocycles. The van der Waals surface area contributed by atoms with Gasteiger partial charge in [0, 0.05) is 17.1 Å². The Hall–Kier alpha value is -2.48. The summed E-state index contributed by atoms with van der Waals surface area (Å²) in [6, 6.07) is 8.37. The van der Waals surface area contributed by atoms with Crippen molar-refractivity contribution in [1.29, 1.82) is 0 Å². The second-order valence-electron chi connectivity index (χ2n) is 4.83. The van der Waals surface area contributed by atoms with Crippen molar-refractivity contribution in [3.8, 4) is 5.75 Å². The lowest BCUT2D eigenvalue weighted by Gasteiger charge is -2.09. The molecule has 1 heterocycles. The van der Waals surface area contributed by atoms with E-state index in [9.17, 15) is 14.9 Å². The lowest BCUT2D eigenvalue weighted by molar-refractivity contribution is -0.390. The lowest BCUT2D eigenvalue weighted by atomic mass is 10.2. The molecule has 0 saturated carbocycles. The van der Waals surface area contributed by atoms with Gasteiger partial charge in [0.15, 0.2) is 6.61 Å². The Labute approximate surface area is 141 Å². The number of rotatable bonds is 5. The average molecular weight is 380 g/mol. The van der Waals surface area contributed by atoms with Gasteiger partial charge in [0.2, 0.25) is 5.75 Å². The number of nitrogens with zero attached hydrogens (tertiary/aromatic N) is 2. The van der Waals surface area contributed by atoms with E-state index in [-0.39, 0.29) is 12.4 Å². The summed E-state index contributed by atoms with van der Waals surface area (Å²) in [5.74, 6) is -0.860. The molecule has 1 N–H and O–H groups in total. The fraction of sp³-hybridized carbons (Fsp3) is 0.200. The number of amides is 1. The predicted molar refractivity (Wildman–Crippen MR) is 88.6 cm³/mol. The highest BCUT2D eigenvalue weighted by Gasteiger charge is 2.18. The van der Waals surface area contributed by atoms with Crippen LogP contribution in [0.2, 0.25) is 0 Å². The molecule has 0 bridgehead atoms. The standard InChI is InChI=1S/C15H14BrN3O4/c1-9-7-11(4-5-12(9)16)18-14(20)8-23-13-6-3-10(2)17-15(13)19(21)22/h3-7H,8H2,1-2H3,(H,18,20). The first kappa shape index (κ1) is 16.9. The first-order chi connectivity index (χ1) is 10.9. The van der Waals surface area contributed by atoms with Crippen molar-refractivity contribution < 1.29 is 14.5 Å². The normalized spacial score (nSPS) is 10.2. The maximum atomic E-state index is 11.9. The topological polar surface area (TPSA) is 94.4 Å². The Bertz CT molecular complexity index is 764. The van der Waals surface area contributed by atoms with Crippen LogP contribution in [0.1, 0.15) is 11.3 Å². The Morgan fingerprint density at radius 3 is 2.74 bits per heavy atom. The number of aryl methyl sites for hydroxylation is 2. The largest absolute Gasteiger partial charge is 0.476 e. The van der Waals surface area contributed by atoms with Gasteiger partial charge in [-0.25, -0.2) is 0 Å². The van der Waals surface area contributed by atoms with E-state index in [1.54, 1.807) is 25.1 Å². The number of nitro groups is 1. The van der Waals surface area contributed by atoms with Crippen LogP contribution in [0.15, 0.2) is 34.8 Å². The third-order valence-corrected chi connectivity index (χ3v) is 3.84. The molecule has 120 valence electrons. The number of benzene rings is 1. The summed E-state index contributed by atoms with van der Waals surface area (Å²) in [6.45, 7) is 3.19. The number of carbonyl (C=O) groups excluding carboxylic acids is 1. The fourth-order valence-electron chi connectivity index (χ4n) is 1.84. The van der Waals surface area contributed by atoms with Gasteiger partial charge in [-0.1, -0.05) is 15.9 Å². The van der Waals surface area contributed by atoms with E-state index in [1.165, 1.54) is 6.07 Å². The van der Waals surface area contributed by atoms with Crippen LogP contribution in [0.3, 0.4) is 0 Å². The van der Waals surface area contributed by atoms with Crippen LogP contribution in [0.4, 0.5) is 11.5 Å².